The van der Waals surface area contributed by atoms with E-state index in [4.69, 9.17) is 9.47 Å². The van der Waals surface area contributed by atoms with Crippen molar-refractivity contribution < 1.29 is 19.1 Å². The third kappa shape index (κ3) is 5.49. The van der Waals surface area contributed by atoms with Gasteiger partial charge in [-0.25, -0.2) is 0 Å². The zero-order valence-electron chi connectivity index (χ0n) is 17.3. The number of rotatable bonds is 6. The molecule has 0 spiro atoms. The molecule has 0 heterocycles. The molecule has 2 aromatic rings. The van der Waals surface area contributed by atoms with Crippen molar-refractivity contribution in [3.05, 3.63) is 53.6 Å². The van der Waals surface area contributed by atoms with E-state index in [0.29, 0.717) is 22.7 Å². The molecular weight excluding hydrogens is 356 g/mol. The van der Waals surface area contributed by atoms with Crippen LogP contribution in [0.15, 0.2) is 42.5 Å². The van der Waals surface area contributed by atoms with E-state index in [1.807, 2.05) is 12.1 Å². The van der Waals surface area contributed by atoms with Crippen molar-refractivity contribution >= 4 is 17.5 Å². The second-order valence-corrected chi connectivity index (χ2v) is 7.61. The maximum atomic E-state index is 12.5. The molecule has 2 rings (SSSR count). The first-order valence-corrected chi connectivity index (χ1v) is 9.09. The van der Waals surface area contributed by atoms with Crippen LogP contribution in [0.2, 0.25) is 0 Å². The Morgan fingerprint density at radius 3 is 1.93 bits per heavy atom. The second kappa shape index (κ2) is 8.78. The Morgan fingerprint density at radius 2 is 1.46 bits per heavy atom. The highest BCUT2D eigenvalue weighted by molar-refractivity contribution is 6.01. The smallest absolute Gasteiger partial charge is 0.251 e. The van der Waals surface area contributed by atoms with Gasteiger partial charge in [0.05, 0.1) is 14.2 Å². The highest BCUT2D eigenvalue weighted by Gasteiger charge is 2.19. The minimum atomic E-state index is -0.716. The van der Waals surface area contributed by atoms with Crippen LogP contribution in [0.3, 0.4) is 0 Å². The lowest BCUT2D eigenvalue weighted by molar-refractivity contribution is -0.117. The van der Waals surface area contributed by atoms with E-state index in [9.17, 15) is 9.59 Å². The summed E-state index contributed by atoms with van der Waals surface area (Å²) in [7, 11) is 3.07. The first-order chi connectivity index (χ1) is 13.1. The standard InChI is InChI=1S/C22H28N2O4/c1-14(20(25)24-17-11-18(27-5)13-19(12-17)28-6)23-21(26)15-7-9-16(10-8-15)22(2,3)4/h7-14H,1-6H3,(H,23,26)(H,24,25). The molecule has 0 aliphatic heterocycles. The van der Waals surface area contributed by atoms with Gasteiger partial charge < -0.3 is 20.1 Å². The molecule has 0 fully saturated rings. The van der Waals surface area contributed by atoms with Gasteiger partial charge in [-0.15, -0.1) is 0 Å². The van der Waals surface area contributed by atoms with Gasteiger partial charge in [0.15, 0.2) is 0 Å². The van der Waals surface area contributed by atoms with Crippen molar-refractivity contribution in [3.63, 3.8) is 0 Å². The van der Waals surface area contributed by atoms with Crippen LogP contribution in [0.1, 0.15) is 43.6 Å². The number of nitrogens with one attached hydrogen (secondary N) is 2. The Balaban J connectivity index is 2.03. The summed E-state index contributed by atoms with van der Waals surface area (Å²) < 4.78 is 10.4. The molecule has 0 aliphatic rings. The first-order valence-electron chi connectivity index (χ1n) is 9.09. The average Bonchev–Trinajstić information content (AvgIpc) is 2.66. The van der Waals surface area contributed by atoms with Crippen LogP contribution in [0.5, 0.6) is 11.5 Å². The number of anilines is 1. The van der Waals surface area contributed by atoms with Gasteiger partial charge in [0.1, 0.15) is 17.5 Å². The number of ether oxygens (including phenoxy) is 2. The summed E-state index contributed by atoms with van der Waals surface area (Å²) in [6.45, 7) is 7.97. The number of hydrogen-bond acceptors (Lipinski definition) is 4. The van der Waals surface area contributed by atoms with Crippen LogP contribution in [-0.4, -0.2) is 32.1 Å². The summed E-state index contributed by atoms with van der Waals surface area (Å²) in [5.41, 5.74) is 2.19. The molecule has 0 bridgehead atoms. The number of benzene rings is 2. The number of methoxy groups -OCH3 is 2. The van der Waals surface area contributed by atoms with E-state index < -0.39 is 6.04 Å². The van der Waals surface area contributed by atoms with Gasteiger partial charge in [-0.1, -0.05) is 32.9 Å². The normalized spacial score (nSPS) is 12.1. The first kappa shape index (κ1) is 21.3. The van der Waals surface area contributed by atoms with Crippen molar-refractivity contribution in [2.24, 2.45) is 0 Å². The summed E-state index contributed by atoms with van der Waals surface area (Å²) in [5, 5.41) is 5.48. The Hall–Kier alpha value is -3.02. The number of hydrogen-bond donors (Lipinski definition) is 2. The quantitative estimate of drug-likeness (QED) is 0.795. The van der Waals surface area contributed by atoms with E-state index in [0.717, 1.165) is 5.56 Å². The second-order valence-electron chi connectivity index (χ2n) is 7.61. The lowest BCUT2D eigenvalue weighted by Gasteiger charge is -2.19. The molecule has 1 unspecified atom stereocenters. The average molecular weight is 384 g/mol. The van der Waals surface area contributed by atoms with Crippen molar-refractivity contribution in [1.29, 1.82) is 0 Å². The molecule has 0 aliphatic carbocycles. The molecule has 0 radical (unpaired) electrons. The number of carbonyl (C=O) groups is 2. The summed E-state index contributed by atoms with van der Waals surface area (Å²) in [6.07, 6.45) is 0. The molecular formula is C22H28N2O4. The minimum Gasteiger partial charge on any atom is -0.497 e. The van der Waals surface area contributed by atoms with Crippen molar-refractivity contribution in [2.75, 3.05) is 19.5 Å². The fourth-order valence-electron chi connectivity index (χ4n) is 2.60. The molecule has 6 nitrogen and oxygen atoms in total. The Kier molecular flexibility index (Phi) is 6.67. The molecule has 150 valence electrons. The number of amides is 2. The van der Waals surface area contributed by atoms with Crippen LogP contribution in [0, 0.1) is 0 Å². The predicted molar refractivity (Wildman–Crippen MR) is 110 cm³/mol. The SMILES string of the molecule is COc1cc(NC(=O)C(C)NC(=O)c2ccc(C(C)(C)C)cc2)cc(OC)c1. The van der Waals surface area contributed by atoms with Gasteiger partial charge in [-0.2, -0.15) is 0 Å². The minimum absolute atomic E-state index is 0.0139. The van der Waals surface area contributed by atoms with Gasteiger partial charge in [0, 0.05) is 29.4 Å². The zero-order chi connectivity index (χ0) is 20.9. The lowest BCUT2D eigenvalue weighted by Crippen LogP contribution is -2.41. The molecule has 6 heteroatoms. The third-order valence-corrected chi connectivity index (χ3v) is 4.37. The zero-order valence-corrected chi connectivity index (χ0v) is 17.3. The monoisotopic (exact) mass is 384 g/mol. The molecule has 2 N–H and O–H groups in total. The van der Waals surface area contributed by atoms with E-state index in [1.54, 1.807) is 37.3 Å². The van der Waals surface area contributed by atoms with Crippen LogP contribution in [0.4, 0.5) is 5.69 Å². The van der Waals surface area contributed by atoms with Gasteiger partial charge >= 0.3 is 0 Å². The fourth-order valence-corrected chi connectivity index (χ4v) is 2.60. The van der Waals surface area contributed by atoms with Gasteiger partial charge in [-0.3, -0.25) is 9.59 Å². The van der Waals surface area contributed by atoms with Crippen LogP contribution in [0.25, 0.3) is 0 Å². The summed E-state index contributed by atoms with van der Waals surface area (Å²) in [6, 6.07) is 11.8. The molecule has 0 saturated heterocycles. The molecule has 2 aromatic carbocycles. The Bertz CT molecular complexity index is 816. The number of carbonyl (C=O) groups excluding carboxylic acids is 2. The van der Waals surface area contributed by atoms with Crippen LogP contribution in [-0.2, 0) is 10.2 Å². The Labute approximate surface area is 166 Å². The van der Waals surface area contributed by atoms with E-state index in [2.05, 4.69) is 31.4 Å². The third-order valence-electron chi connectivity index (χ3n) is 4.37. The molecule has 0 aromatic heterocycles. The summed E-state index contributed by atoms with van der Waals surface area (Å²) in [4.78, 5) is 24.9. The van der Waals surface area contributed by atoms with E-state index in [-0.39, 0.29) is 17.2 Å². The molecule has 2 amide bonds. The summed E-state index contributed by atoms with van der Waals surface area (Å²) >= 11 is 0. The molecule has 0 saturated carbocycles. The Morgan fingerprint density at radius 1 is 0.929 bits per heavy atom. The fraction of sp³-hybridized carbons (Fsp3) is 0.364. The van der Waals surface area contributed by atoms with E-state index >= 15 is 0 Å². The predicted octanol–water partition coefficient (Wildman–Crippen LogP) is 3.76. The van der Waals surface area contributed by atoms with Gasteiger partial charge in [0.2, 0.25) is 5.91 Å². The maximum absolute atomic E-state index is 12.5. The molecule has 1 atom stereocenters. The largest absolute Gasteiger partial charge is 0.497 e. The topological polar surface area (TPSA) is 76.7 Å². The van der Waals surface area contributed by atoms with Gasteiger partial charge in [-0.05, 0) is 30.0 Å². The highest BCUT2D eigenvalue weighted by atomic mass is 16.5. The van der Waals surface area contributed by atoms with Crippen molar-refractivity contribution in [3.8, 4) is 11.5 Å². The summed E-state index contributed by atoms with van der Waals surface area (Å²) in [5.74, 6) is 0.483. The van der Waals surface area contributed by atoms with Crippen LogP contribution >= 0.6 is 0 Å². The van der Waals surface area contributed by atoms with Crippen molar-refractivity contribution in [1.82, 2.24) is 5.32 Å². The van der Waals surface area contributed by atoms with Crippen molar-refractivity contribution in [2.45, 2.75) is 39.2 Å². The van der Waals surface area contributed by atoms with Gasteiger partial charge in [0.25, 0.3) is 5.91 Å². The lowest BCUT2D eigenvalue weighted by atomic mass is 9.86. The van der Waals surface area contributed by atoms with E-state index in [1.165, 1.54) is 14.2 Å². The van der Waals surface area contributed by atoms with Crippen LogP contribution < -0.4 is 20.1 Å². The highest BCUT2D eigenvalue weighted by Crippen LogP contribution is 2.26. The maximum Gasteiger partial charge on any atom is 0.251 e. The molecule has 28 heavy (non-hydrogen) atoms.